The van der Waals surface area contributed by atoms with Gasteiger partial charge in [-0.05, 0) is 45.4 Å². The Hall–Kier alpha value is -2.56. The zero-order chi connectivity index (χ0) is 24.0. The van der Waals surface area contributed by atoms with E-state index < -0.39 is 11.9 Å². The minimum Gasteiger partial charge on any atom is -0.382 e. The third-order valence-electron chi connectivity index (χ3n) is 5.18. The number of nitrogen functional groups attached to an aromatic ring is 1. The third-order valence-corrected chi connectivity index (χ3v) is 5.18. The maximum atomic E-state index is 9.80. The van der Waals surface area contributed by atoms with E-state index in [2.05, 4.69) is 9.55 Å². The van der Waals surface area contributed by atoms with Gasteiger partial charge in [-0.2, -0.15) is 0 Å². The maximum absolute atomic E-state index is 9.80. The molecule has 0 saturated heterocycles. The van der Waals surface area contributed by atoms with Crippen LogP contribution in [0.1, 0.15) is 39.1 Å². The van der Waals surface area contributed by atoms with E-state index in [-0.39, 0.29) is 0 Å². The molecule has 9 heteroatoms. The highest BCUT2D eigenvalue weighted by Crippen LogP contribution is 2.31. The van der Waals surface area contributed by atoms with E-state index in [0.29, 0.717) is 50.9 Å². The van der Waals surface area contributed by atoms with Gasteiger partial charge < -0.3 is 35.4 Å². The second kappa shape index (κ2) is 11.0. The molecule has 1 unspecified atom stereocenters. The van der Waals surface area contributed by atoms with Crippen LogP contribution in [0.2, 0.25) is 0 Å². The summed E-state index contributed by atoms with van der Waals surface area (Å²) in [5, 5.41) is 10.7. The molecule has 0 radical (unpaired) electrons. The highest BCUT2D eigenvalue weighted by atomic mass is 16.6. The van der Waals surface area contributed by atoms with E-state index >= 15 is 0 Å². The number of imidazole rings is 1. The predicted molar refractivity (Wildman–Crippen MR) is 131 cm³/mol. The third kappa shape index (κ3) is 6.07. The topological polar surface area (TPSA) is 131 Å². The number of anilines is 1. The summed E-state index contributed by atoms with van der Waals surface area (Å²) >= 11 is 0. The number of aromatic nitrogens is 3. The average Bonchev–Trinajstić information content (AvgIpc) is 3.13. The standard InChI is InChI=1S/C24H35N5O4/c1-5-31-14-19-28-21-22(29(19)15-24(3,4)33-12-11-25)17-9-7-16(8-10-20(30)32-6-2)13-18(17)27-23(21)26/h7-10,13,20,30H,5-6,11-12,14-15,25H2,1-4H3,(H2,26,27)/b10-8+. The lowest BCUT2D eigenvalue weighted by Gasteiger charge is -2.27. The summed E-state index contributed by atoms with van der Waals surface area (Å²) < 4.78 is 18.9. The SMILES string of the molecule is CCOCc1nc2c(N)nc3cc(/C=C/C(O)OCC)ccc3c2n1CC(C)(C)OCCN. The first-order valence-electron chi connectivity index (χ1n) is 11.3. The van der Waals surface area contributed by atoms with E-state index in [0.717, 1.165) is 27.8 Å². The molecular formula is C24H35N5O4. The van der Waals surface area contributed by atoms with E-state index in [1.165, 1.54) is 0 Å². The number of aliphatic hydroxyl groups is 1. The van der Waals surface area contributed by atoms with Crippen molar-refractivity contribution in [3.63, 3.8) is 0 Å². The van der Waals surface area contributed by atoms with Crippen molar-refractivity contribution in [1.82, 2.24) is 14.5 Å². The molecule has 2 heterocycles. The van der Waals surface area contributed by atoms with Crippen LogP contribution in [0.15, 0.2) is 24.3 Å². The van der Waals surface area contributed by atoms with Crippen LogP contribution >= 0.6 is 0 Å². The van der Waals surface area contributed by atoms with Gasteiger partial charge in [0.2, 0.25) is 0 Å². The maximum Gasteiger partial charge on any atom is 0.174 e. The van der Waals surface area contributed by atoms with Crippen LogP contribution < -0.4 is 11.5 Å². The molecule has 0 aliphatic heterocycles. The molecule has 1 atom stereocenters. The molecule has 1 aromatic carbocycles. The van der Waals surface area contributed by atoms with Gasteiger partial charge >= 0.3 is 0 Å². The summed E-state index contributed by atoms with van der Waals surface area (Å²) in [4.78, 5) is 9.37. The minimum atomic E-state index is -0.954. The van der Waals surface area contributed by atoms with Crippen LogP contribution in [0.3, 0.4) is 0 Å². The number of hydrogen-bond acceptors (Lipinski definition) is 8. The number of fused-ring (bicyclic) bond motifs is 3. The Kier molecular flexibility index (Phi) is 8.39. The molecule has 0 amide bonds. The summed E-state index contributed by atoms with van der Waals surface area (Å²) in [7, 11) is 0. The smallest absolute Gasteiger partial charge is 0.174 e. The summed E-state index contributed by atoms with van der Waals surface area (Å²) in [6, 6.07) is 5.88. The van der Waals surface area contributed by atoms with Gasteiger partial charge in [0.05, 0.1) is 29.8 Å². The highest BCUT2D eigenvalue weighted by molar-refractivity contribution is 6.07. The molecule has 33 heavy (non-hydrogen) atoms. The Bertz CT molecular complexity index is 1110. The van der Waals surface area contributed by atoms with Crippen molar-refractivity contribution < 1.29 is 19.3 Å². The molecule has 9 nitrogen and oxygen atoms in total. The van der Waals surface area contributed by atoms with Gasteiger partial charge in [-0.15, -0.1) is 0 Å². The van der Waals surface area contributed by atoms with Gasteiger partial charge in [0.25, 0.3) is 0 Å². The fourth-order valence-electron chi connectivity index (χ4n) is 3.73. The Balaban J connectivity index is 2.12. The van der Waals surface area contributed by atoms with Gasteiger partial charge in [-0.1, -0.05) is 18.2 Å². The molecule has 0 fully saturated rings. The van der Waals surface area contributed by atoms with Crippen LogP contribution in [-0.4, -0.2) is 57.9 Å². The van der Waals surface area contributed by atoms with Crippen LogP contribution in [0.5, 0.6) is 0 Å². The first-order chi connectivity index (χ1) is 15.8. The summed E-state index contributed by atoms with van der Waals surface area (Å²) in [6.07, 6.45) is 2.43. The molecule has 0 bridgehead atoms. The second-order valence-electron chi connectivity index (χ2n) is 8.32. The molecule has 3 aromatic rings. The monoisotopic (exact) mass is 457 g/mol. The first kappa shape index (κ1) is 25.1. The Morgan fingerprint density at radius 2 is 2.00 bits per heavy atom. The summed E-state index contributed by atoms with van der Waals surface area (Å²) in [5.74, 6) is 1.12. The molecule has 3 rings (SSSR count). The van der Waals surface area contributed by atoms with Gasteiger partial charge in [-0.25, -0.2) is 9.97 Å². The van der Waals surface area contributed by atoms with Crippen molar-refractivity contribution in [2.75, 3.05) is 32.1 Å². The molecule has 2 aromatic heterocycles. The average molecular weight is 458 g/mol. The fourth-order valence-corrected chi connectivity index (χ4v) is 3.73. The molecule has 0 saturated carbocycles. The molecule has 0 aliphatic rings. The fraction of sp³-hybridized carbons (Fsp3) is 0.500. The lowest BCUT2D eigenvalue weighted by atomic mass is 10.1. The van der Waals surface area contributed by atoms with E-state index in [9.17, 15) is 5.11 Å². The zero-order valence-electron chi connectivity index (χ0n) is 19.9. The molecular weight excluding hydrogens is 422 g/mol. The van der Waals surface area contributed by atoms with E-state index in [1.54, 1.807) is 12.2 Å². The van der Waals surface area contributed by atoms with Crippen LogP contribution in [0.4, 0.5) is 5.82 Å². The largest absolute Gasteiger partial charge is 0.382 e. The Morgan fingerprint density at radius 3 is 2.70 bits per heavy atom. The van der Waals surface area contributed by atoms with Gasteiger partial charge in [0.15, 0.2) is 12.1 Å². The quantitative estimate of drug-likeness (QED) is 0.354. The van der Waals surface area contributed by atoms with E-state index in [1.807, 2.05) is 45.9 Å². The molecule has 5 N–H and O–H groups in total. The number of nitrogens with two attached hydrogens (primary N) is 2. The number of benzene rings is 1. The van der Waals surface area contributed by atoms with Crippen molar-refractivity contribution >= 4 is 33.8 Å². The minimum absolute atomic E-state index is 0.352. The first-order valence-corrected chi connectivity index (χ1v) is 11.3. The van der Waals surface area contributed by atoms with Crippen molar-refractivity contribution in [3.8, 4) is 0 Å². The molecule has 180 valence electrons. The normalized spacial score (nSPS) is 13.5. The number of ether oxygens (including phenoxy) is 3. The van der Waals surface area contributed by atoms with Gasteiger partial charge in [0, 0.05) is 25.1 Å². The van der Waals surface area contributed by atoms with E-state index in [4.69, 9.17) is 30.7 Å². The van der Waals surface area contributed by atoms with Crippen molar-refractivity contribution in [1.29, 1.82) is 0 Å². The number of rotatable bonds is 12. The van der Waals surface area contributed by atoms with Crippen LogP contribution in [0, 0.1) is 0 Å². The van der Waals surface area contributed by atoms with Crippen molar-refractivity contribution in [3.05, 3.63) is 35.7 Å². The van der Waals surface area contributed by atoms with Crippen molar-refractivity contribution in [2.24, 2.45) is 5.73 Å². The highest BCUT2D eigenvalue weighted by Gasteiger charge is 2.25. The Morgan fingerprint density at radius 1 is 1.21 bits per heavy atom. The van der Waals surface area contributed by atoms with Crippen LogP contribution in [0.25, 0.3) is 28.0 Å². The second-order valence-corrected chi connectivity index (χ2v) is 8.32. The molecule has 0 aliphatic carbocycles. The van der Waals surface area contributed by atoms with Crippen molar-refractivity contribution in [2.45, 2.75) is 52.7 Å². The summed E-state index contributed by atoms with van der Waals surface area (Å²) in [6.45, 7) is 10.7. The van der Waals surface area contributed by atoms with Crippen LogP contribution in [-0.2, 0) is 27.4 Å². The predicted octanol–water partition coefficient (Wildman–Crippen LogP) is 2.83. The number of hydrogen-bond donors (Lipinski definition) is 3. The number of pyridine rings is 1. The van der Waals surface area contributed by atoms with Gasteiger partial charge in [0.1, 0.15) is 17.9 Å². The number of nitrogens with zero attached hydrogens (tertiary/aromatic N) is 3. The Labute approximate surface area is 194 Å². The number of aliphatic hydroxyl groups excluding tert-OH is 1. The summed E-state index contributed by atoms with van der Waals surface area (Å²) in [5.41, 5.74) is 14.6. The zero-order valence-corrected chi connectivity index (χ0v) is 19.9. The molecule has 0 spiro atoms. The lowest BCUT2D eigenvalue weighted by molar-refractivity contribution is -0.0581. The lowest BCUT2D eigenvalue weighted by Crippen LogP contribution is -2.33. The van der Waals surface area contributed by atoms with Gasteiger partial charge in [-0.3, -0.25) is 0 Å².